The second-order valence-electron chi connectivity index (χ2n) is 4.43. The van der Waals surface area contributed by atoms with Gasteiger partial charge in [0.1, 0.15) is 0 Å². The number of nitrogens with one attached hydrogen (secondary N) is 2. The SMILES string of the molecule is NCCC(=O)Nc1cccc(NC(=O)C2CC2)c1. The third-order valence-corrected chi connectivity index (χ3v) is 2.73. The van der Waals surface area contributed by atoms with Gasteiger partial charge in [0.05, 0.1) is 0 Å². The third kappa shape index (κ3) is 3.56. The van der Waals surface area contributed by atoms with Crippen molar-refractivity contribution in [1.82, 2.24) is 0 Å². The first-order valence-electron chi connectivity index (χ1n) is 6.10. The van der Waals surface area contributed by atoms with Crippen molar-refractivity contribution in [2.75, 3.05) is 17.2 Å². The van der Waals surface area contributed by atoms with Gasteiger partial charge in [-0.3, -0.25) is 9.59 Å². The van der Waals surface area contributed by atoms with Crippen LogP contribution in [-0.2, 0) is 9.59 Å². The molecule has 0 atom stereocenters. The van der Waals surface area contributed by atoms with Gasteiger partial charge in [-0.2, -0.15) is 0 Å². The second kappa shape index (κ2) is 5.64. The molecule has 0 radical (unpaired) electrons. The molecule has 4 N–H and O–H groups in total. The molecule has 1 saturated carbocycles. The molecule has 0 unspecified atom stereocenters. The lowest BCUT2D eigenvalue weighted by atomic mass is 10.2. The van der Waals surface area contributed by atoms with E-state index < -0.39 is 0 Å². The largest absolute Gasteiger partial charge is 0.330 e. The summed E-state index contributed by atoms with van der Waals surface area (Å²) in [6.07, 6.45) is 2.23. The van der Waals surface area contributed by atoms with E-state index in [9.17, 15) is 9.59 Å². The highest BCUT2D eigenvalue weighted by atomic mass is 16.2. The smallest absolute Gasteiger partial charge is 0.227 e. The van der Waals surface area contributed by atoms with Crippen LogP contribution >= 0.6 is 0 Å². The minimum absolute atomic E-state index is 0.0560. The zero-order valence-electron chi connectivity index (χ0n) is 10.1. The first kappa shape index (κ1) is 12.6. The van der Waals surface area contributed by atoms with Crippen molar-refractivity contribution in [3.05, 3.63) is 24.3 Å². The van der Waals surface area contributed by atoms with Crippen LogP contribution in [0, 0.1) is 5.92 Å². The molecule has 96 valence electrons. The molecule has 2 amide bonds. The summed E-state index contributed by atoms with van der Waals surface area (Å²) < 4.78 is 0. The fourth-order valence-electron chi connectivity index (χ4n) is 1.62. The predicted molar refractivity (Wildman–Crippen MR) is 70.1 cm³/mol. The molecule has 1 aliphatic rings. The van der Waals surface area contributed by atoms with E-state index in [1.54, 1.807) is 24.3 Å². The van der Waals surface area contributed by atoms with E-state index in [0.29, 0.717) is 24.3 Å². The molecule has 1 aromatic rings. The van der Waals surface area contributed by atoms with Gasteiger partial charge in [-0.15, -0.1) is 0 Å². The molecule has 0 saturated heterocycles. The Labute approximate surface area is 106 Å². The first-order valence-corrected chi connectivity index (χ1v) is 6.10. The van der Waals surface area contributed by atoms with Gasteiger partial charge in [0, 0.05) is 30.3 Å². The van der Waals surface area contributed by atoms with Crippen LogP contribution in [0.3, 0.4) is 0 Å². The lowest BCUT2D eigenvalue weighted by Gasteiger charge is -2.08. The molecule has 1 aliphatic carbocycles. The van der Waals surface area contributed by atoms with Crippen molar-refractivity contribution in [3.63, 3.8) is 0 Å². The standard InChI is InChI=1S/C13H17N3O2/c14-7-6-12(17)15-10-2-1-3-11(8-10)16-13(18)9-4-5-9/h1-3,8-9H,4-7,14H2,(H,15,17)(H,16,18). The molecule has 18 heavy (non-hydrogen) atoms. The average Bonchev–Trinajstić information content (AvgIpc) is 3.13. The molecule has 2 rings (SSSR count). The normalized spacial score (nSPS) is 14.1. The van der Waals surface area contributed by atoms with Crippen LogP contribution in [0.1, 0.15) is 19.3 Å². The first-order chi connectivity index (χ1) is 8.69. The van der Waals surface area contributed by atoms with Crippen LogP contribution in [0.25, 0.3) is 0 Å². The van der Waals surface area contributed by atoms with Gasteiger partial charge in [0.2, 0.25) is 11.8 Å². The minimum Gasteiger partial charge on any atom is -0.330 e. The van der Waals surface area contributed by atoms with Gasteiger partial charge in [-0.25, -0.2) is 0 Å². The van der Waals surface area contributed by atoms with Gasteiger partial charge < -0.3 is 16.4 Å². The fourth-order valence-corrected chi connectivity index (χ4v) is 1.62. The lowest BCUT2D eigenvalue weighted by Crippen LogP contribution is -2.17. The molecule has 0 bridgehead atoms. The Kier molecular flexibility index (Phi) is 3.94. The van der Waals surface area contributed by atoms with Gasteiger partial charge in [-0.1, -0.05) is 6.07 Å². The van der Waals surface area contributed by atoms with Crippen molar-refractivity contribution in [1.29, 1.82) is 0 Å². The van der Waals surface area contributed by atoms with Gasteiger partial charge in [0.15, 0.2) is 0 Å². The number of hydrogen-bond donors (Lipinski definition) is 3. The van der Waals surface area contributed by atoms with Gasteiger partial charge in [-0.05, 0) is 31.0 Å². The molecule has 0 spiro atoms. The number of carbonyl (C=O) groups excluding carboxylic acids is 2. The molecular weight excluding hydrogens is 230 g/mol. The Morgan fingerprint density at radius 2 is 1.89 bits per heavy atom. The summed E-state index contributed by atoms with van der Waals surface area (Å²) in [7, 11) is 0. The molecule has 0 aromatic heterocycles. The molecule has 0 heterocycles. The molecule has 5 nitrogen and oxygen atoms in total. The number of amides is 2. The summed E-state index contributed by atoms with van der Waals surface area (Å²) in [5.74, 6) is 0.101. The number of benzene rings is 1. The van der Waals surface area contributed by atoms with E-state index in [4.69, 9.17) is 5.73 Å². The maximum absolute atomic E-state index is 11.6. The van der Waals surface area contributed by atoms with Gasteiger partial charge in [0.25, 0.3) is 0 Å². The number of rotatable bonds is 5. The van der Waals surface area contributed by atoms with Crippen molar-refractivity contribution in [3.8, 4) is 0 Å². The Morgan fingerprint density at radius 3 is 2.50 bits per heavy atom. The quantitative estimate of drug-likeness (QED) is 0.733. The molecule has 0 aliphatic heterocycles. The summed E-state index contributed by atoms with van der Waals surface area (Å²) in [6.45, 7) is 0.323. The minimum atomic E-state index is -0.122. The summed E-state index contributed by atoms with van der Waals surface area (Å²) >= 11 is 0. The predicted octanol–water partition coefficient (Wildman–Crippen LogP) is 1.32. The monoisotopic (exact) mass is 247 g/mol. The van der Waals surface area contributed by atoms with Crippen molar-refractivity contribution in [2.24, 2.45) is 11.7 Å². The second-order valence-corrected chi connectivity index (χ2v) is 4.43. The van der Waals surface area contributed by atoms with Crippen molar-refractivity contribution in [2.45, 2.75) is 19.3 Å². The molecule has 1 fully saturated rings. The highest BCUT2D eigenvalue weighted by molar-refractivity contribution is 5.95. The summed E-state index contributed by atoms with van der Waals surface area (Å²) in [6, 6.07) is 7.12. The van der Waals surface area contributed by atoms with E-state index in [1.807, 2.05) is 0 Å². The molecular formula is C13H17N3O2. The van der Waals surface area contributed by atoms with Crippen LogP contribution in [0.2, 0.25) is 0 Å². The number of nitrogens with two attached hydrogens (primary N) is 1. The van der Waals surface area contributed by atoms with E-state index in [1.165, 1.54) is 0 Å². The number of carbonyl (C=O) groups is 2. The maximum Gasteiger partial charge on any atom is 0.227 e. The van der Waals surface area contributed by atoms with Crippen molar-refractivity contribution < 1.29 is 9.59 Å². The fraction of sp³-hybridized carbons (Fsp3) is 0.385. The Balaban J connectivity index is 1.95. The van der Waals surface area contributed by atoms with E-state index in [2.05, 4.69) is 10.6 Å². The maximum atomic E-state index is 11.6. The van der Waals surface area contributed by atoms with E-state index in [0.717, 1.165) is 12.8 Å². The summed E-state index contributed by atoms with van der Waals surface area (Å²) in [4.78, 5) is 23.0. The molecule has 1 aromatic carbocycles. The average molecular weight is 247 g/mol. The number of hydrogen-bond acceptors (Lipinski definition) is 3. The zero-order valence-corrected chi connectivity index (χ0v) is 10.1. The van der Waals surface area contributed by atoms with Crippen molar-refractivity contribution >= 4 is 23.2 Å². The Hall–Kier alpha value is -1.88. The van der Waals surface area contributed by atoms with Crippen LogP contribution in [0.4, 0.5) is 11.4 Å². The van der Waals surface area contributed by atoms with Crippen LogP contribution < -0.4 is 16.4 Å². The highest BCUT2D eigenvalue weighted by Crippen LogP contribution is 2.30. The number of anilines is 2. The van der Waals surface area contributed by atoms with Crippen LogP contribution in [0.15, 0.2) is 24.3 Å². The third-order valence-electron chi connectivity index (χ3n) is 2.73. The van der Waals surface area contributed by atoms with Gasteiger partial charge >= 0.3 is 0 Å². The van der Waals surface area contributed by atoms with E-state index >= 15 is 0 Å². The summed E-state index contributed by atoms with van der Waals surface area (Å²) in [5, 5.41) is 5.57. The van der Waals surface area contributed by atoms with Crippen LogP contribution in [0.5, 0.6) is 0 Å². The topological polar surface area (TPSA) is 84.2 Å². The Bertz CT molecular complexity index is 455. The highest BCUT2D eigenvalue weighted by Gasteiger charge is 2.29. The van der Waals surface area contributed by atoms with E-state index in [-0.39, 0.29) is 17.7 Å². The lowest BCUT2D eigenvalue weighted by molar-refractivity contribution is -0.117. The Morgan fingerprint density at radius 1 is 1.22 bits per heavy atom. The van der Waals surface area contributed by atoms with Crippen LogP contribution in [-0.4, -0.2) is 18.4 Å². The zero-order chi connectivity index (χ0) is 13.0. The molecule has 5 heteroatoms. The summed E-state index contributed by atoms with van der Waals surface area (Å²) in [5.41, 5.74) is 6.68.